The summed E-state index contributed by atoms with van der Waals surface area (Å²) in [6.45, 7) is 3.38. The Bertz CT molecular complexity index is 357. The maximum atomic E-state index is 11.4. The quantitative estimate of drug-likeness (QED) is 0.686. The first-order valence-electron chi connectivity index (χ1n) is 4.77. The van der Waals surface area contributed by atoms with Gasteiger partial charge in [0.15, 0.2) is 0 Å². The van der Waals surface area contributed by atoms with Gasteiger partial charge in [0.05, 0.1) is 0 Å². The Morgan fingerprint density at radius 1 is 1.50 bits per heavy atom. The van der Waals surface area contributed by atoms with Crippen LogP contribution in [0.2, 0.25) is 0 Å². The van der Waals surface area contributed by atoms with Crippen LogP contribution in [-0.2, 0) is 7.05 Å². The molecular weight excluding hydrogens is 178 g/mol. The molecule has 1 aromatic rings. The zero-order chi connectivity index (χ0) is 10.6. The second kappa shape index (κ2) is 4.81. The van der Waals surface area contributed by atoms with Crippen molar-refractivity contribution >= 4 is 5.69 Å². The minimum absolute atomic E-state index is 0.0141. The van der Waals surface area contributed by atoms with Gasteiger partial charge in [-0.3, -0.25) is 4.79 Å². The number of pyridine rings is 1. The molecule has 78 valence electrons. The van der Waals surface area contributed by atoms with Crippen molar-refractivity contribution in [2.75, 3.05) is 18.4 Å². The van der Waals surface area contributed by atoms with Crippen LogP contribution in [0.4, 0.5) is 5.69 Å². The number of anilines is 1. The number of aryl methyl sites for hydroxylation is 1. The first-order valence-corrected chi connectivity index (χ1v) is 4.77. The predicted molar refractivity (Wildman–Crippen MR) is 58.6 cm³/mol. The van der Waals surface area contributed by atoms with Gasteiger partial charge in [0.1, 0.15) is 0 Å². The number of hydrogen-bond acceptors (Lipinski definition) is 3. The van der Waals surface area contributed by atoms with Crippen LogP contribution in [0, 0.1) is 6.92 Å². The lowest BCUT2D eigenvalue weighted by Gasteiger charge is -2.08. The van der Waals surface area contributed by atoms with Crippen LogP contribution in [0.5, 0.6) is 0 Å². The highest BCUT2D eigenvalue weighted by atomic mass is 16.1. The average molecular weight is 195 g/mol. The zero-order valence-electron chi connectivity index (χ0n) is 8.71. The number of aromatic nitrogens is 1. The Labute approximate surface area is 83.7 Å². The van der Waals surface area contributed by atoms with Gasteiger partial charge in [0, 0.05) is 31.0 Å². The van der Waals surface area contributed by atoms with Crippen LogP contribution in [0.25, 0.3) is 0 Å². The summed E-state index contributed by atoms with van der Waals surface area (Å²) in [6, 6.07) is 3.56. The second-order valence-corrected chi connectivity index (χ2v) is 3.35. The molecule has 0 unspecified atom stereocenters. The summed E-state index contributed by atoms with van der Waals surface area (Å²) >= 11 is 0. The van der Waals surface area contributed by atoms with Crippen LogP contribution >= 0.6 is 0 Å². The van der Waals surface area contributed by atoms with Crippen molar-refractivity contribution in [3.63, 3.8) is 0 Å². The highest BCUT2D eigenvalue weighted by molar-refractivity contribution is 5.43. The van der Waals surface area contributed by atoms with Crippen LogP contribution in [0.15, 0.2) is 16.9 Å². The summed E-state index contributed by atoms with van der Waals surface area (Å²) in [7, 11) is 1.77. The monoisotopic (exact) mass is 195 g/mol. The first-order chi connectivity index (χ1) is 6.65. The molecule has 14 heavy (non-hydrogen) atoms. The first kappa shape index (κ1) is 10.8. The van der Waals surface area contributed by atoms with Crippen molar-refractivity contribution in [2.45, 2.75) is 13.3 Å². The standard InChI is InChI=1S/C10H17N3O/c1-8-6-9(12-5-3-4-11)7-10(14)13(8)2/h6-7,12H,3-5,11H2,1-2H3. The third-order valence-electron chi connectivity index (χ3n) is 2.21. The predicted octanol–water partition coefficient (Wildman–Crippen LogP) is 0.454. The third kappa shape index (κ3) is 2.60. The molecule has 1 rings (SSSR count). The van der Waals surface area contributed by atoms with Gasteiger partial charge in [-0.15, -0.1) is 0 Å². The lowest BCUT2D eigenvalue weighted by Crippen LogP contribution is -2.19. The minimum Gasteiger partial charge on any atom is -0.385 e. The van der Waals surface area contributed by atoms with Gasteiger partial charge in [-0.05, 0) is 26.0 Å². The van der Waals surface area contributed by atoms with E-state index in [9.17, 15) is 4.79 Å². The van der Waals surface area contributed by atoms with E-state index in [2.05, 4.69) is 5.32 Å². The maximum Gasteiger partial charge on any atom is 0.252 e. The largest absolute Gasteiger partial charge is 0.385 e. The fourth-order valence-corrected chi connectivity index (χ4v) is 1.20. The molecule has 0 aliphatic rings. The Morgan fingerprint density at radius 2 is 2.21 bits per heavy atom. The molecule has 0 amide bonds. The number of nitrogens with zero attached hydrogens (tertiary/aromatic N) is 1. The van der Waals surface area contributed by atoms with Gasteiger partial charge >= 0.3 is 0 Å². The van der Waals surface area contributed by atoms with Crippen LogP contribution in [-0.4, -0.2) is 17.7 Å². The number of rotatable bonds is 4. The molecule has 0 radical (unpaired) electrons. The molecule has 0 aliphatic carbocycles. The van der Waals surface area contributed by atoms with Gasteiger partial charge in [0.25, 0.3) is 5.56 Å². The van der Waals surface area contributed by atoms with Crippen molar-refractivity contribution in [1.29, 1.82) is 0 Å². The smallest absolute Gasteiger partial charge is 0.252 e. The van der Waals surface area contributed by atoms with Crippen LogP contribution in [0.3, 0.4) is 0 Å². The van der Waals surface area contributed by atoms with E-state index in [4.69, 9.17) is 5.73 Å². The van der Waals surface area contributed by atoms with Gasteiger partial charge < -0.3 is 15.6 Å². The van der Waals surface area contributed by atoms with Crippen molar-refractivity contribution in [2.24, 2.45) is 12.8 Å². The topological polar surface area (TPSA) is 60.0 Å². The molecule has 4 heteroatoms. The highest BCUT2D eigenvalue weighted by Gasteiger charge is 1.98. The molecule has 0 atom stereocenters. The zero-order valence-corrected chi connectivity index (χ0v) is 8.71. The molecule has 0 aliphatic heterocycles. The maximum absolute atomic E-state index is 11.4. The summed E-state index contributed by atoms with van der Waals surface area (Å²) in [4.78, 5) is 11.4. The number of nitrogens with two attached hydrogens (primary N) is 1. The molecule has 1 aromatic heterocycles. The summed E-state index contributed by atoms with van der Waals surface area (Å²) in [5.74, 6) is 0. The lowest BCUT2D eigenvalue weighted by atomic mass is 10.3. The summed E-state index contributed by atoms with van der Waals surface area (Å²) in [5, 5.41) is 3.16. The van der Waals surface area contributed by atoms with Gasteiger partial charge in [0.2, 0.25) is 0 Å². The molecular formula is C10H17N3O. The summed E-state index contributed by atoms with van der Waals surface area (Å²) in [5.41, 5.74) is 7.21. The average Bonchev–Trinajstić information content (AvgIpc) is 2.14. The SMILES string of the molecule is Cc1cc(NCCCN)cc(=O)n1C. The van der Waals surface area contributed by atoms with Gasteiger partial charge in [-0.25, -0.2) is 0 Å². The second-order valence-electron chi connectivity index (χ2n) is 3.35. The third-order valence-corrected chi connectivity index (χ3v) is 2.21. The molecule has 0 bridgehead atoms. The Kier molecular flexibility index (Phi) is 3.71. The Balaban J connectivity index is 2.75. The number of nitrogens with one attached hydrogen (secondary N) is 1. The highest BCUT2D eigenvalue weighted by Crippen LogP contribution is 2.05. The normalized spacial score (nSPS) is 10.2. The molecule has 0 saturated carbocycles. The number of hydrogen-bond donors (Lipinski definition) is 2. The molecule has 0 aromatic carbocycles. The molecule has 3 N–H and O–H groups in total. The van der Waals surface area contributed by atoms with Crippen molar-refractivity contribution in [3.05, 3.63) is 28.2 Å². The van der Waals surface area contributed by atoms with E-state index in [0.717, 1.165) is 24.3 Å². The Hall–Kier alpha value is -1.29. The molecule has 4 nitrogen and oxygen atoms in total. The van der Waals surface area contributed by atoms with Crippen molar-refractivity contribution in [1.82, 2.24) is 4.57 Å². The molecule has 0 fully saturated rings. The molecule has 0 spiro atoms. The fourth-order valence-electron chi connectivity index (χ4n) is 1.20. The summed E-state index contributed by atoms with van der Waals surface area (Å²) < 4.78 is 1.62. The lowest BCUT2D eigenvalue weighted by molar-refractivity contribution is 0.816. The van der Waals surface area contributed by atoms with E-state index >= 15 is 0 Å². The van der Waals surface area contributed by atoms with Gasteiger partial charge in [-0.2, -0.15) is 0 Å². The van der Waals surface area contributed by atoms with E-state index in [-0.39, 0.29) is 5.56 Å². The van der Waals surface area contributed by atoms with Crippen molar-refractivity contribution in [3.8, 4) is 0 Å². The summed E-state index contributed by atoms with van der Waals surface area (Å²) in [6.07, 6.45) is 0.911. The van der Waals surface area contributed by atoms with E-state index in [0.29, 0.717) is 6.54 Å². The van der Waals surface area contributed by atoms with Crippen LogP contribution in [0.1, 0.15) is 12.1 Å². The Morgan fingerprint density at radius 3 is 2.79 bits per heavy atom. The van der Waals surface area contributed by atoms with Crippen molar-refractivity contribution < 1.29 is 0 Å². The van der Waals surface area contributed by atoms with E-state index in [1.807, 2.05) is 13.0 Å². The minimum atomic E-state index is 0.0141. The van der Waals surface area contributed by atoms with E-state index in [1.165, 1.54) is 0 Å². The molecule has 1 heterocycles. The van der Waals surface area contributed by atoms with Gasteiger partial charge in [-0.1, -0.05) is 0 Å². The molecule has 0 saturated heterocycles. The van der Waals surface area contributed by atoms with Crippen LogP contribution < -0.4 is 16.6 Å². The fraction of sp³-hybridized carbons (Fsp3) is 0.500. The van der Waals surface area contributed by atoms with E-state index in [1.54, 1.807) is 17.7 Å². The van der Waals surface area contributed by atoms with E-state index < -0.39 is 0 Å².